The molecule has 3 aromatic rings. The van der Waals surface area contributed by atoms with Crippen LogP contribution in [0.2, 0.25) is 0 Å². The zero-order valence-electron chi connectivity index (χ0n) is 17.0. The van der Waals surface area contributed by atoms with E-state index in [0.29, 0.717) is 36.8 Å². The summed E-state index contributed by atoms with van der Waals surface area (Å²) in [4.78, 5) is 20.8. The number of hydrogen-bond acceptors (Lipinski definition) is 7. The second kappa shape index (κ2) is 9.83. The predicted octanol–water partition coefficient (Wildman–Crippen LogP) is 4.03. The Bertz CT molecular complexity index is 1110. The fraction of sp³-hybridized carbons (Fsp3) is 0.333. The average molecular weight is 494 g/mol. The quantitative estimate of drug-likeness (QED) is 0.497. The molecule has 1 saturated heterocycles. The van der Waals surface area contributed by atoms with Gasteiger partial charge in [0, 0.05) is 37.3 Å². The molecule has 0 bridgehead atoms. The first-order chi connectivity index (χ1) is 14.9. The maximum absolute atomic E-state index is 12.9. The number of carbonyl (C=O) groups is 1. The summed E-state index contributed by atoms with van der Waals surface area (Å²) in [6.07, 6.45) is 0. The van der Waals surface area contributed by atoms with E-state index in [2.05, 4.69) is 11.1 Å². The third-order valence-corrected chi connectivity index (χ3v) is 10.1. The molecule has 0 spiro atoms. The number of piperazine rings is 1. The van der Waals surface area contributed by atoms with Crippen molar-refractivity contribution in [2.45, 2.75) is 22.8 Å². The van der Waals surface area contributed by atoms with Gasteiger partial charge in [-0.1, -0.05) is 24.3 Å². The Kier molecular flexibility index (Phi) is 7.12. The highest BCUT2D eigenvalue weighted by Gasteiger charge is 2.31. The van der Waals surface area contributed by atoms with Crippen LogP contribution in [0.5, 0.6) is 0 Å². The number of thioether (sulfide) groups is 1. The van der Waals surface area contributed by atoms with Crippen molar-refractivity contribution in [3.63, 3.8) is 0 Å². The van der Waals surface area contributed by atoms with Crippen LogP contribution in [0.1, 0.15) is 12.6 Å². The zero-order chi connectivity index (χ0) is 21.8. The van der Waals surface area contributed by atoms with Gasteiger partial charge in [-0.15, -0.1) is 34.4 Å². The van der Waals surface area contributed by atoms with Gasteiger partial charge in [0.1, 0.15) is 5.01 Å². The Labute approximate surface area is 195 Å². The van der Waals surface area contributed by atoms with Crippen molar-refractivity contribution in [2.75, 3.05) is 26.2 Å². The average Bonchev–Trinajstić information content (AvgIpc) is 3.49. The Balaban J connectivity index is 1.28. The third-order valence-electron chi connectivity index (χ3n) is 5.04. The Morgan fingerprint density at radius 1 is 1.10 bits per heavy atom. The van der Waals surface area contributed by atoms with Crippen LogP contribution in [0.4, 0.5) is 0 Å². The summed E-state index contributed by atoms with van der Waals surface area (Å²) in [5, 5.41) is 4.90. The van der Waals surface area contributed by atoms with Gasteiger partial charge in [-0.25, -0.2) is 13.4 Å². The van der Waals surface area contributed by atoms with E-state index in [9.17, 15) is 13.2 Å². The first kappa shape index (κ1) is 22.5. The topological polar surface area (TPSA) is 70.6 Å². The number of carbonyl (C=O) groups excluding carboxylic acids is 1. The minimum atomic E-state index is -3.51. The molecule has 4 rings (SSSR count). The van der Waals surface area contributed by atoms with Crippen LogP contribution in [0, 0.1) is 0 Å². The zero-order valence-corrected chi connectivity index (χ0v) is 20.3. The van der Waals surface area contributed by atoms with E-state index in [1.807, 2.05) is 23.8 Å². The fourth-order valence-corrected chi connectivity index (χ4v) is 7.36. The number of amides is 1. The molecular formula is C21H23N3O3S4. The molecule has 0 N–H and O–H groups in total. The molecule has 10 heteroatoms. The molecule has 1 unspecified atom stereocenters. The molecule has 1 fully saturated rings. The highest BCUT2D eigenvalue weighted by atomic mass is 32.2. The Morgan fingerprint density at radius 2 is 1.84 bits per heavy atom. The SMILES string of the molecule is CC(SCc1csc(-c2cccs2)n1)C(=O)N1CCN(S(=O)(=O)c2ccccc2)CC1. The normalized spacial score (nSPS) is 16.4. The van der Waals surface area contributed by atoms with Crippen molar-refractivity contribution in [3.05, 3.63) is 58.9 Å². The number of thiazole rings is 1. The van der Waals surface area contributed by atoms with E-state index in [1.54, 1.807) is 69.7 Å². The monoisotopic (exact) mass is 493 g/mol. The maximum atomic E-state index is 12.9. The number of hydrogen-bond donors (Lipinski definition) is 0. The van der Waals surface area contributed by atoms with E-state index in [1.165, 1.54) is 4.31 Å². The summed E-state index contributed by atoms with van der Waals surface area (Å²) in [5.41, 5.74) is 0.983. The van der Waals surface area contributed by atoms with E-state index in [-0.39, 0.29) is 11.2 Å². The molecule has 1 amide bonds. The number of sulfonamides is 1. The van der Waals surface area contributed by atoms with Crippen molar-refractivity contribution >= 4 is 50.4 Å². The van der Waals surface area contributed by atoms with Gasteiger partial charge >= 0.3 is 0 Å². The highest BCUT2D eigenvalue weighted by Crippen LogP contribution is 2.30. The number of aromatic nitrogens is 1. The minimum absolute atomic E-state index is 0.0514. The first-order valence-electron chi connectivity index (χ1n) is 9.89. The van der Waals surface area contributed by atoms with Gasteiger partial charge in [0.05, 0.1) is 20.7 Å². The summed E-state index contributed by atoms with van der Waals surface area (Å²) in [6.45, 7) is 3.36. The van der Waals surface area contributed by atoms with Gasteiger partial charge in [-0.05, 0) is 30.5 Å². The van der Waals surface area contributed by atoms with E-state index in [0.717, 1.165) is 15.6 Å². The van der Waals surface area contributed by atoms with E-state index in [4.69, 9.17) is 0 Å². The van der Waals surface area contributed by atoms with E-state index < -0.39 is 10.0 Å². The van der Waals surface area contributed by atoms with Crippen LogP contribution in [0.3, 0.4) is 0 Å². The maximum Gasteiger partial charge on any atom is 0.243 e. The summed E-state index contributed by atoms with van der Waals surface area (Å²) in [7, 11) is -3.51. The molecule has 1 aliphatic rings. The lowest BCUT2D eigenvalue weighted by molar-refractivity contribution is -0.131. The van der Waals surface area contributed by atoms with Gasteiger partial charge in [0.25, 0.3) is 0 Å². The third kappa shape index (κ3) is 5.20. The van der Waals surface area contributed by atoms with Crippen LogP contribution in [0.15, 0.2) is 58.1 Å². The molecular weight excluding hydrogens is 471 g/mol. The lowest BCUT2D eigenvalue weighted by Gasteiger charge is -2.35. The largest absolute Gasteiger partial charge is 0.339 e. The van der Waals surface area contributed by atoms with Crippen molar-refractivity contribution in [1.82, 2.24) is 14.2 Å². The molecule has 164 valence electrons. The Hall–Kier alpha value is -1.72. The summed E-state index contributed by atoms with van der Waals surface area (Å²) in [5.74, 6) is 0.729. The molecule has 0 saturated carbocycles. The molecule has 31 heavy (non-hydrogen) atoms. The summed E-state index contributed by atoms with van der Waals surface area (Å²) >= 11 is 4.87. The van der Waals surface area contributed by atoms with Gasteiger partial charge in [-0.3, -0.25) is 4.79 Å². The molecule has 1 aliphatic heterocycles. The number of benzene rings is 1. The second-order valence-electron chi connectivity index (χ2n) is 7.12. The van der Waals surface area contributed by atoms with Crippen molar-refractivity contribution < 1.29 is 13.2 Å². The van der Waals surface area contributed by atoms with Crippen molar-refractivity contribution in [2.24, 2.45) is 0 Å². The standard InChI is InChI=1S/C21H23N3O3S4/c1-16(29-14-17-15-30-20(22-17)19-8-5-13-28-19)21(25)23-9-11-24(12-10-23)31(26,27)18-6-3-2-4-7-18/h2-8,13,15-16H,9-12,14H2,1H3. The van der Waals surface area contributed by atoms with Gasteiger partial charge in [-0.2, -0.15) is 4.31 Å². The molecule has 0 aliphatic carbocycles. The molecule has 0 radical (unpaired) electrons. The number of rotatable bonds is 7. The summed E-state index contributed by atoms with van der Waals surface area (Å²) < 4.78 is 27.0. The second-order valence-corrected chi connectivity index (χ2v) is 12.2. The minimum Gasteiger partial charge on any atom is -0.339 e. The smallest absolute Gasteiger partial charge is 0.243 e. The van der Waals surface area contributed by atoms with Crippen LogP contribution in [-0.2, 0) is 20.6 Å². The molecule has 6 nitrogen and oxygen atoms in total. The lowest BCUT2D eigenvalue weighted by Crippen LogP contribution is -2.52. The first-order valence-corrected chi connectivity index (χ1v) is 14.1. The van der Waals surface area contributed by atoms with E-state index >= 15 is 0 Å². The molecule has 2 aromatic heterocycles. The molecule has 1 aromatic carbocycles. The van der Waals surface area contributed by atoms with Gasteiger partial charge < -0.3 is 4.90 Å². The molecule has 3 heterocycles. The number of nitrogens with zero attached hydrogens (tertiary/aromatic N) is 3. The number of thiophene rings is 1. The van der Waals surface area contributed by atoms with Crippen LogP contribution in [-0.4, -0.2) is 59.9 Å². The highest BCUT2D eigenvalue weighted by molar-refractivity contribution is 7.99. The van der Waals surface area contributed by atoms with Crippen molar-refractivity contribution in [1.29, 1.82) is 0 Å². The lowest BCUT2D eigenvalue weighted by atomic mass is 10.3. The van der Waals surface area contributed by atoms with Gasteiger partial charge in [0.2, 0.25) is 15.9 Å². The molecule has 1 atom stereocenters. The summed E-state index contributed by atoms with van der Waals surface area (Å²) in [6, 6.07) is 12.5. The van der Waals surface area contributed by atoms with Gasteiger partial charge in [0.15, 0.2) is 0 Å². The van der Waals surface area contributed by atoms with Crippen LogP contribution >= 0.6 is 34.4 Å². The predicted molar refractivity (Wildman–Crippen MR) is 128 cm³/mol. The van der Waals surface area contributed by atoms with Crippen LogP contribution in [0.25, 0.3) is 9.88 Å². The fourth-order valence-electron chi connectivity index (χ4n) is 3.32. The Morgan fingerprint density at radius 3 is 2.52 bits per heavy atom. The van der Waals surface area contributed by atoms with Crippen molar-refractivity contribution in [3.8, 4) is 9.88 Å². The van der Waals surface area contributed by atoms with Crippen LogP contribution < -0.4 is 0 Å².